The molecule has 1 atom stereocenters. The first-order valence-corrected chi connectivity index (χ1v) is 8.10. The monoisotopic (exact) mass is 342 g/mol. The number of rotatable bonds is 3. The molecule has 0 spiro atoms. The molecular formula is C16H18N6O3. The van der Waals surface area contributed by atoms with Crippen molar-refractivity contribution in [2.24, 2.45) is 0 Å². The summed E-state index contributed by atoms with van der Waals surface area (Å²) in [6, 6.07) is 5.28. The molecule has 0 unspecified atom stereocenters. The first-order chi connectivity index (χ1) is 12.2. The van der Waals surface area contributed by atoms with Gasteiger partial charge in [-0.1, -0.05) is 0 Å². The van der Waals surface area contributed by atoms with Crippen LogP contribution in [0.4, 0.5) is 0 Å². The summed E-state index contributed by atoms with van der Waals surface area (Å²) in [6.45, 7) is 1.27. The first-order valence-electron chi connectivity index (χ1n) is 8.10. The summed E-state index contributed by atoms with van der Waals surface area (Å²) in [6.07, 6.45) is 3.11. The van der Waals surface area contributed by atoms with Gasteiger partial charge >= 0.3 is 0 Å². The number of pyridine rings is 1. The molecule has 3 aromatic heterocycles. The number of fused-ring (bicyclic) bond motifs is 2. The summed E-state index contributed by atoms with van der Waals surface area (Å²) >= 11 is 0. The predicted octanol–water partition coefficient (Wildman–Crippen LogP) is -0.00240. The molecule has 0 saturated heterocycles. The van der Waals surface area contributed by atoms with Crippen LogP contribution in [0.3, 0.4) is 0 Å². The summed E-state index contributed by atoms with van der Waals surface area (Å²) in [4.78, 5) is 14.7. The smallest absolute Gasteiger partial charge is 0.258 e. The summed E-state index contributed by atoms with van der Waals surface area (Å²) in [5.41, 5.74) is 2.29. The number of aliphatic hydroxyl groups is 2. The van der Waals surface area contributed by atoms with Crippen LogP contribution in [0.5, 0.6) is 0 Å². The minimum absolute atomic E-state index is 0.113. The summed E-state index contributed by atoms with van der Waals surface area (Å²) in [5, 5.41) is 31.1. The molecule has 0 fully saturated rings. The molecule has 4 rings (SSSR count). The van der Waals surface area contributed by atoms with Crippen LogP contribution < -0.4 is 0 Å². The van der Waals surface area contributed by atoms with Crippen LogP contribution in [0.15, 0.2) is 30.7 Å². The average Bonchev–Trinajstić information content (AvgIpc) is 3.22. The lowest BCUT2D eigenvalue weighted by Gasteiger charge is -2.20. The molecule has 0 bridgehead atoms. The van der Waals surface area contributed by atoms with Crippen LogP contribution in [-0.2, 0) is 13.1 Å². The van der Waals surface area contributed by atoms with Gasteiger partial charge in [0.2, 0.25) is 0 Å². The van der Waals surface area contributed by atoms with E-state index in [0.717, 1.165) is 12.1 Å². The van der Waals surface area contributed by atoms with Crippen LogP contribution in [0.1, 0.15) is 34.3 Å². The minimum atomic E-state index is -1.01. The molecule has 130 valence electrons. The van der Waals surface area contributed by atoms with E-state index in [1.807, 2.05) is 0 Å². The topological polar surface area (TPSA) is 109 Å². The maximum absolute atomic E-state index is 13.0. The fourth-order valence-electron chi connectivity index (χ4n) is 3.10. The Hall–Kier alpha value is -2.78. The molecule has 1 amide bonds. The van der Waals surface area contributed by atoms with Crippen molar-refractivity contribution < 1.29 is 15.0 Å². The second-order valence-corrected chi connectivity index (χ2v) is 6.05. The van der Waals surface area contributed by atoms with Crippen LogP contribution in [0, 0.1) is 0 Å². The van der Waals surface area contributed by atoms with Crippen LogP contribution in [-0.4, -0.2) is 58.6 Å². The summed E-state index contributed by atoms with van der Waals surface area (Å²) in [5.74, 6) is -0.113. The molecule has 0 saturated carbocycles. The van der Waals surface area contributed by atoms with Gasteiger partial charge in [0.05, 0.1) is 30.1 Å². The van der Waals surface area contributed by atoms with Gasteiger partial charge in [-0.05, 0) is 24.6 Å². The Labute approximate surface area is 143 Å². The van der Waals surface area contributed by atoms with Gasteiger partial charge in [0, 0.05) is 19.3 Å². The quantitative estimate of drug-likeness (QED) is 0.693. The molecule has 9 heteroatoms. The largest absolute Gasteiger partial charge is 0.393 e. The van der Waals surface area contributed by atoms with Gasteiger partial charge < -0.3 is 15.1 Å². The number of carbonyl (C=O) groups excluding carboxylic acids is 1. The van der Waals surface area contributed by atoms with Crippen molar-refractivity contribution in [2.75, 3.05) is 13.2 Å². The fourth-order valence-corrected chi connectivity index (χ4v) is 3.10. The van der Waals surface area contributed by atoms with E-state index in [0.29, 0.717) is 36.5 Å². The molecule has 1 aliphatic heterocycles. The van der Waals surface area contributed by atoms with Gasteiger partial charge in [-0.2, -0.15) is 5.10 Å². The van der Waals surface area contributed by atoms with Gasteiger partial charge in [-0.25, -0.2) is 0 Å². The second-order valence-electron chi connectivity index (χ2n) is 6.05. The summed E-state index contributed by atoms with van der Waals surface area (Å²) < 4.78 is 3.50. The van der Waals surface area contributed by atoms with Gasteiger partial charge in [0.1, 0.15) is 12.4 Å². The van der Waals surface area contributed by atoms with E-state index < -0.39 is 6.10 Å². The maximum atomic E-state index is 13.0. The van der Waals surface area contributed by atoms with Crippen molar-refractivity contribution in [1.82, 2.24) is 29.3 Å². The average molecular weight is 342 g/mol. The van der Waals surface area contributed by atoms with E-state index in [-0.39, 0.29) is 12.5 Å². The van der Waals surface area contributed by atoms with Gasteiger partial charge in [0.15, 0.2) is 5.65 Å². The molecule has 25 heavy (non-hydrogen) atoms. The van der Waals surface area contributed by atoms with Crippen molar-refractivity contribution >= 4 is 11.6 Å². The fraction of sp³-hybridized carbons (Fsp3) is 0.375. The molecule has 0 aromatic carbocycles. The van der Waals surface area contributed by atoms with E-state index in [2.05, 4.69) is 15.3 Å². The van der Waals surface area contributed by atoms with Crippen molar-refractivity contribution in [3.8, 4) is 0 Å². The lowest BCUT2D eigenvalue weighted by atomic mass is 10.2. The predicted molar refractivity (Wildman–Crippen MR) is 86.6 cm³/mol. The Morgan fingerprint density at radius 3 is 3.08 bits per heavy atom. The van der Waals surface area contributed by atoms with Crippen molar-refractivity contribution in [3.05, 3.63) is 47.7 Å². The Bertz CT molecular complexity index is 918. The highest BCUT2D eigenvalue weighted by Gasteiger charge is 2.24. The zero-order chi connectivity index (χ0) is 17.4. The van der Waals surface area contributed by atoms with Gasteiger partial charge in [-0.15, -0.1) is 10.2 Å². The Morgan fingerprint density at radius 2 is 2.24 bits per heavy atom. The standard InChI is InChI=1S/C16H18N6O3/c23-9-14(24)13-7-11-8-20(5-2-6-22(11)19-13)16(25)12-3-1-4-21-10-17-18-15(12)21/h1,3-4,7,10,14,23-24H,2,5-6,8-9H2/t14-/m1/s1. The molecule has 0 radical (unpaired) electrons. The second kappa shape index (κ2) is 6.26. The number of aliphatic hydroxyl groups excluding tert-OH is 2. The lowest BCUT2D eigenvalue weighted by Crippen LogP contribution is -2.31. The number of hydrogen-bond acceptors (Lipinski definition) is 6. The first kappa shape index (κ1) is 15.7. The number of aryl methyl sites for hydroxylation is 1. The molecule has 1 aliphatic rings. The normalized spacial score (nSPS) is 15.8. The molecule has 9 nitrogen and oxygen atoms in total. The zero-order valence-corrected chi connectivity index (χ0v) is 13.5. The third-order valence-electron chi connectivity index (χ3n) is 4.39. The highest BCUT2D eigenvalue weighted by molar-refractivity contribution is 5.99. The molecule has 3 aromatic rings. The maximum Gasteiger partial charge on any atom is 0.258 e. The zero-order valence-electron chi connectivity index (χ0n) is 13.5. The van der Waals surface area contributed by atoms with E-state index >= 15 is 0 Å². The van der Waals surface area contributed by atoms with E-state index in [1.54, 1.807) is 44.7 Å². The number of nitrogens with zero attached hydrogens (tertiary/aromatic N) is 6. The molecule has 4 heterocycles. The van der Waals surface area contributed by atoms with E-state index in [9.17, 15) is 9.90 Å². The van der Waals surface area contributed by atoms with Gasteiger partial charge in [-0.3, -0.25) is 13.9 Å². The molecule has 2 N–H and O–H groups in total. The van der Waals surface area contributed by atoms with Crippen LogP contribution in [0.25, 0.3) is 5.65 Å². The Balaban J connectivity index is 1.64. The number of amides is 1. The van der Waals surface area contributed by atoms with E-state index in [1.165, 1.54) is 0 Å². The lowest BCUT2D eigenvalue weighted by molar-refractivity contribution is 0.0746. The number of aromatic nitrogens is 5. The van der Waals surface area contributed by atoms with Gasteiger partial charge in [0.25, 0.3) is 5.91 Å². The number of carbonyl (C=O) groups is 1. The highest BCUT2D eigenvalue weighted by atomic mass is 16.3. The third-order valence-corrected chi connectivity index (χ3v) is 4.39. The van der Waals surface area contributed by atoms with Crippen molar-refractivity contribution in [1.29, 1.82) is 0 Å². The Kier molecular flexibility index (Phi) is 3.94. The van der Waals surface area contributed by atoms with E-state index in [4.69, 9.17) is 5.11 Å². The third kappa shape index (κ3) is 2.77. The summed E-state index contributed by atoms with van der Waals surface area (Å²) in [7, 11) is 0. The Morgan fingerprint density at radius 1 is 1.36 bits per heavy atom. The highest BCUT2D eigenvalue weighted by Crippen LogP contribution is 2.20. The molecular weight excluding hydrogens is 324 g/mol. The van der Waals surface area contributed by atoms with Crippen LogP contribution in [0.2, 0.25) is 0 Å². The van der Waals surface area contributed by atoms with Crippen LogP contribution >= 0.6 is 0 Å². The minimum Gasteiger partial charge on any atom is -0.393 e. The van der Waals surface area contributed by atoms with Crippen molar-refractivity contribution in [3.63, 3.8) is 0 Å². The van der Waals surface area contributed by atoms with Crippen molar-refractivity contribution in [2.45, 2.75) is 25.6 Å². The molecule has 0 aliphatic carbocycles. The SMILES string of the molecule is O=C(c1cccn2cnnc12)N1CCCn2nc([C@H](O)CO)cc2C1. The number of hydrogen-bond donors (Lipinski definition) is 2.